The molecule has 1 aromatic carbocycles. The van der Waals surface area contributed by atoms with Gasteiger partial charge in [0.25, 0.3) is 0 Å². The van der Waals surface area contributed by atoms with Crippen molar-refractivity contribution in [3.8, 4) is 5.75 Å². The fourth-order valence-corrected chi connectivity index (χ4v) is 2.78. The highest BCUT2D eigenvalue weighted by Crippen LogP contribution is 2.38. The molecular weight excluding hydrogens is 252 g/mol. The molecule has 0 aromatic heterocycles. The van der Waals surface area contributed by atoms with Gasteiger partial charge in [-0.15, -0.1) is 0 Å². The minimum atomic E-state index is -0.867. The minimum Gasteiger partial charge on any atom is -0.486 e. The number of hydrogen-bond donors (Lipinski definition) is 2. The topological polar surface area (TPSA) is 49.7 Å². The van der Waals surface area contributed by atoms with Crippen molar-refractivity contribution in [1.29, 1.82) is 0 Å². The normalized spacial score (nSPS) is 17.9. The van der Waals surface area contributed by atoms with Crippen LogP contribution >= 0.6 is 0 Å². The SMILES string of the molecule is CCCCCc1ccc2c(c1CO)OC(C(C)(C)O)C2. The van der Waals surface area contributed by atoms with Gasteiger partial charge >= 0.3 is 0 Å². The van der Waals surface area contributed by atoms with Crippen LogP contribution in [0.2, 0.25) is 0 Å². The standard InChI is InChI=1S/C17H26O3/c1-4-5-6-7-12-8-9-13-10-15(17(2,3)19)20-16(13)14(12)11-18/h8-9,15,18-19H,4-7,10-11H2,1-3H3. The van der Waals surface area contributed by atoms with Crippen molar-refractivity contribution < 1.29 is 14.9 Å². The first kappa shape index (κ1) is 15.3. The molecule has 20 heavy (non-hydrogen) atoms. The van der Waals surface area contributed by atoms with E-state index in [1.807, 2.05) is 0 Å². The zero-order chi connectivity index (χ0) is 14.8. The van der Waals surface area contributed by atoms with E-state index in [1.165, 1.54) is 18.4 Å². The van der Waals surface area contributed by atoms with Gasteiger partial charge in [-0.05, 0) is 37.8 Å². The molecule has 1 atom stereocenters. The molecule has 1 aromatic rings. The average Bonchev–Trinajstić information content (AvgIpc) is 2.82. The molecule has 0 radical (unpaired) electrons. The van der Waals surface area contributed by atoms with Crippen LogP contribution in [0.15, 0.2) is 12.1 Å². The average molecular weight is 278 g/mol. The summed E-state index contributed by atoms with van der Waals surface area (Å²) < 4.78 is 5.93. The van der Waals surface area contributed by atoms with E-state index in [2.05, 4.69) is 19.1 Å². The van der Waals surface area contributed by atoms with Gasteiger partial charge in [-0.25, -0.2) is 0 Å². The van der Waals surface area contributed by atoms with Crippen LogP contribution in [-0.2, 0) is 19.4 Å². The Balaban J connectivity index is 2.22. The number of aliphatic hydroxyl groups is 2. The molecular formula is C17H26O3. The fourth-order valence-electron chi connectivity index (χ4n) is 2.78. The van der Waals surface area contributed by atoms with Gasteiger partial charge in [-0.3, -0.25) is 0 Å². The molecule has 1 aliphatic rings. The Morgan fingerprint density at radius 1 is 1.30 bits per heavy atom. The first-order chi connectivity index (χ1) is 9.47. The zero-order valence-electron chi connectivity index (χ0n) is 12.8. The third-order valence-electron chi connectivity index (χ3n) is 4.10. The van der Waals surface area contributed by atoms with Crippen LogP contribution in [0.25, 0.3) is 0 Å². The van der Waals surface area contributed by atoms with Crippen LogP contribution in [0.4, 0.5) is 0 Å². The Hall–Kier alpha value is -1.06. The first-order valence-corrected chi connectivity index (χ1v) is 7.61. The van der Waals surface area contributed by atoms with E-state index in [4.69, 9.17) is 4.74 Å². The molecule has 3 heteroatoms. The van der Waals surface area contributed by atoms with Gasteiger partial charge in [0.15, 0.2) is 0 Å². The molecule has 0 saturated heterocycles. The van der Waals surface area contributed by atoms with Crippen molar-refractivity contribution in [2.75, 3.05) is 0 Å². The molecule has 0 fully saturated rings. The van der Waals surface area contributed by atoms with Gasteiger partial charge in [0.2, 0.25) is 0 Å². The second-order valence-electron chi connectivity index (χ2n) is 6.27. The summed E-state index contributed by atoms with van der Waals surface area (Å²) in [6.45, 7) is 5.73. The summed E-state index contributed by atoms with van der Waals surface area (Å²) in [4.78, 5) is 0. The van der Waals surface area contributed by atoms with Crippen molar-refractivity contribution in [2.24, 2.45) is 0 Å². The summed E-state index contributed by atoms with van der Waals surface area (Å²) in [6, 6.07) is 4.19. The van der Waals surface area contributed by atoms with E-state index in [9.17, 15) is 10.2 Å². The number of rotatable bonds is 6. The van der Waals surface area contributed by atoms with Crippen molar-refractivity contribution in [3.05, 3.63) is 28.8 Å². The number of aliphatic hydroxyl groups excluding tert-OH is 1. The molecule has 0 saturated carbocycles. The molecule has 1 aliphatic heterocycles. The zero-order valence-corrected chi connectivity index (χ0v) is 12.8. The van der Waals surface area contributed by atoms with Crippen molar-refractivity contribution >= 4 is 0 Å². The quantitative estimate of drug-likeness (QED) is 0.787. The molecule has 1 heterocycles. The summed E-state index contributed by atoms with van der Waals surface area (Å²) in [5, 5.41) is 19.8. The van der Waals surface area contributed by atoms with E-state index in [0.29, 0.717) is 6.42 Å². The Bertz CT molecular complexity index is 460. The maximum atomic E-state index is 10.1. The smallest absolute Gasteiger partial charge is 0.131 e. The highest BCUT2D eigenvalue weighted by atomic mass is 16.5. The summed E-state index contributed by atoms with van der Waals surface area (Å²) >= 11 is 0. The third kappa shape index (κ3) is 3.15. The molecule has 2 rings (SSSR count). The number of benzene rings is 1. The first-order valence-electron chi connectivity index (χ1n) is 7.61. The highest BCUT2D eigenvalue weighted by Gasteiger charge is 2.36. The summed E-state index contributed by atoms with van der Waals surface area (Å²) in [5.41, 5.74) is 2.32. The van der Waals surface area contributed by atoms with Gasteiger partial charge in [-0.1, -0.05) is 31.9 Å². The molecule has 3 nitrogen and oxygen atoms in total. The lowest BCUT2D eigenvalue weighted by Crippen LogP contribution is -2.39. The van der Waals surface area contributed by atoms with Crippen LogP contribution < -0.4 is 4.74 Å². The maximum Gasteiger partial charge on any atom is 0.131 e. The Morgan fingerprint density at radius 2 is 2.05 bits per heavy atom. The monoisotopic (exact) mass is 278 g/mol. The number of aryl methyl sites for hydroxylation is 1. The van der Waals surface area contributed by atoms with Crippen LogP contribution in [-0.4, -0.2) is 21.9 Å². The van der Waals surface area contributed by atoms with E-state index < -0.39 is 5.60 Å². The molecule has 0 spiro atoms. The molecule has 112 valence electrons. The predicted molar refractivity (Wildman–Crippen MR) is 80.0 cm³/mol. The maximum absolute atomic E-state index is 10.1. The van der Waals surface area contributed by atoms with Gasteiger partial charge in [0.05, 0.1) is 12.2 Å². The van der Waals surface area contributed by atoms with Gasteiger partial charge in [0.1, 0.15) is 11.9 Å². The lowest BCUT2D eigenvalue weighted by Gasteiger charge is -2.25. The Morgan fingerprint density at radius 3 is 2.65 bits per heavy atom. The Labute approximate surface area is 121 Å². The number of ether oxygens (including phenoxy) is 1. The second-order valence-corrected chi connectivity index (χ2v) is 6.27. The largest absolute Gasteiger partial charge is 0.486 e. The second kappa shape index (κ2) is 6.15. The van der Waals surface area contributed by atoms with E-state index in [1.54, 1.807) is 13.8 Å². The number of unbranched alkanes of at least 4 members (excludes halogenated alkanes) is 2. The third-order valence-corrected chi connectivity index (χ3v) is 4.10. The van der Waals surface area contributed by atoms with Crippen LogP contribution in [0.3, 0.4) is 0 Å². The molecule has 2 N–H and O–H groups in total. The molecule has 0 amide bonds. The van der Waals surface area contributed by atoms with E-state index in [0.717, 1.165) is 29.7 Å². The van der Waals surface area contributed by atoms with Crippen molar-refractivity contribution in [3.63, 3.8) is 0 Å². The fraction of sp³-hybridized carbons (Fsp3) is 0.647. The number of fused-ring (bicyclic) bond motifs is 1. The van der Waals surface area contributed by atoms with Crippen LogP contribution in [0, 0.1) is 0 Å². The van der Waals surface area contributed by atoms with Gasteiger partial charge in [0, 0.05) is 12.0 Å². The van der Waals surface area contributed by atoms with Gasteiger partial charge < -0.3 is 14.9 Å². The summed E-state index contributed by atoms with van der Waals surface area (Å²) in [5.74, 6) is 0.800. The lowest BCUT2D eigenvalue weighted by molar-refractivity contribution is -0.0235. The van der Waals surface area contributed by atoms with Gasteiger partial charge in [-0.2, -0.15) is 0 Å². The van der Waals surface area contributed by atoms with Crippen LogP contribution in [0.1, 0.15) is 56.7 Å². The molecule has 1 unspecified atom stereocenters. The van der Waals surface area contributed by atoms with E-state index in [-0.39, 0.29) is 12.7 Å². The van der Waals surface area contributed by atoms with Crippen molar-refractivity contribution in [2.45, 2.75) is 71.2 Å². The minimum absolute atomic E-state index is 0.00318. The van der Waals surface area contributed by atoms with E-state index >= 15 is 0 Å². The Kier molecular flexibility index (Phi) is 4.71. The summed E-state index contributed by atoms with van der Waals surface area (Å²) in [7, 11) is 0. The summed E-state index contributed by atoms with van der Waals surface area (Å²) in [6.07, 6.45) is 4.99. The predicted octanol–water partition coefficient (Wildman–Crippen LogP) is 2.99. The van der Waals surface area contributed by atoms with Crippen LogP contribution in [0.5, 0.6) is 5.75 Å². The number of hydrogen-bond acceptors (Lipinski definition) is 3. The molecule has 0 bridgehead atoms. The lowest BCUT2D eigenvalue weighted by atomic mass is 9.94. The molecule has 0 aliphatic carbocycles. The highest BCUT2D eigenvalue weighted by molar-refractivity contribution is 5.49. The van der Waals surface area contributed by atoms with Crippen molar-refractivity contribution in [1.82, 2.24) is 0 Å².